The van der Waals surface area contributed by atoms with Crippen LogP contribution in [0.5, 0.6) is 0 Å². The lowest BCUT2D eigenvalue weighted by Gasteiger charge is -2.20. The number of para-hydroxylation sites is 1. The predicted octanol–water partition coefficient (Wildman–Crippen LogP) is 1.45. The van der Waals surface area contributed by atoms with Gasteiger partial charge in [0, 0.05) is 26.5 Å². The average molecular weight is 447 g/mol. The molecule has 10 heteroatoms. The van der Waals surface area contributed by atoms with Crippen LogP contribution in [0.1, 0.15) is 12.8 Å². The summed E-state index contributed by atoms with van der Waals surface area (Å²) in [5.74, 6) is 0.741. The number of hydrogen-bond acceptors (Lipinski definition) is 9. The third-order valence-corrected chi connectivity index (χ3v) is 6.58. The van der Waals surface area contributed by atoms with E-state index < -0.39 is 18.2 Å². The van der Waals surface area contributed by atoms with Gasteiger partial charge in [-0.1, -0.05) is 12.1 Å². The number of rotatable bonds is 9. The largest absolute Gasteiger partial charge is 0.445 e. The smallest absolute Gasteiger partial charge is 0.224 e. The first-order valence-corrected chi connectivity index (χ1v) is 11.2. The summed E-state index contributed by atoms with van der Waals surface area (Å²) in [6.45, 7) is 1.37. The number of benzene rings is 1. The van der Waals surface area contributed by atoms with Crippen LogP contribution in [0.3, 0.4) is 0 Å². The molecule has 3 aromatic rings. The lowest BCUT2D eigenvalue weighted by atomic mass is 10.1. The molecule has 31 heavy (non-hydrogen) atoms. The normalized spacial score (nSPS) is 23.4. The summed E-state index contributed by atoms with van der Waals surface area (Å²) in [6.07, 6.45) is 1.15. The summed E-state index contributed by atoms with van der Waals surface area (Å²) >= 11 is 1.55. The first-order valence-electron chi connectivity index (χ1n) is 10.3. The van der Waals surface area contributed by atoms with Crippen LogP contribution in [-0.4, -0.2) is 75.4 Å². The monoisotopic (exact) mass is 446 g/mol. The highest BCUT2D eigenvalue weighted by atomic mass is 32.1. The molecule has 1 fully saturated rings. The molecule has 4 atom stereocenters. The van der Waals surface area contributed by atoms with Gasteiger partial charge in [-0.25, -0.2) is 9.97 Å². The first kappa shape index (κ1) is 21.8. The Kier molecular flexibility index (Phi) is 6.93. The molecule has 1 aliphatic rings. The van der Waals surface area contributed by atoms with Crippen LogP contribution in [0.4, 0.5) is 11.8 Å². The quantitative estimate of drug-likeness (QED) is 0.286. The van der Waals surface area contributed by atoms with E-state index in [1.54, 1.807) is 24.6 Å². The standard InChI is InChI=1S/C21H27N5O4S/c1-30-8-4-7-22-21-23-10-13(20-25-14-5-2-3-6-16(14)31-20)19(26-21)24-15-9-12(11-27)17(28)18(15)29/h2-3,5-6,10,12,15,17-18,27-29H,4,7-9,11H2,1H3,(H2,22,23,24,26)/p+1/t12-,15-,17-,18+/m1/s1. The zero-order valence-electron chi connectivity index (χ0n) is 17.3. The average Bonchev–Trinajstić information content (AvgIpc) is 3.33. The molecule has 9 nitrogen and oxygen atoms in total. The van der Waals surface area contributed by atoms with E-state index in [2.05, 4.69) is 20.6 Å². The van der Waals surface area contributed by atoms with E-state index in [1.165, 1.54) is 0 Å². The molecule has 1 aromatic carbocycles. The molecule has 0 radical (unpaired) electrons. The summed E-state index contributed by atoms with van der Waals surface area (Å²) in [5.41, 5.74) is 1.64. The Bertz CT molecular complexity index is 983. The van der Waals surface area contributed by atoms with Crippen LogP contribution >= 0.6 is 11.3 Å². The number of fused-ring (bicyclic) bond motifs is 1. The molecule has 0 saturated heterocycles. The molecule has 0 unspecified atom stereocenters. The number of thiazole rings is 1. The fourth-order valence-electron chi connectivity index (χ4n) is 3.78. The van der Waals surface area contributed by atoms with Gasteiger partial charge in [-0.2, -0.15) is 4.98 Å². The lowest BCUT2D eigenvalue weighted by Crippen LogP contribution is -2.35. The molecule has 0 spiro atoms. The number of aliphatic hydroxyl groups excluding tert-OH is 2. The van der Waals surface area contributed by atoms with E-state index in [1.807, 2.05) is 24.3 Å². The number of methoxy groups -OCH3 is 1. The van der Waals surface area contributed by atoms with E-state index in [4.69, 9.17) is 14.8 Å². The number of ether oxygens (including phenoxy) is 1. The molecule has 2 heterocycles. The zero-order valence-corrected chi connectivity index (χ0v) is 18.1. The van der Waals surface area contributed by atoms with Crippen molar-refractivity contribution in [3.05, 3.63) is 30.5 Å². The Hall–Kier alpha value is -2.37. The fraction of sp³-hybridized carbons (Fsp3) is 0.476. The lowest BCUT2D eigenvalue weighted by molar-refractivity contribution is 0.00446. The Morgan fingerprint density at radius 3 is 2.81 bits per heavy atom. The van der Waals surface area contributed by atoms with Crippen LogP contribution in [0.25, 0.3) is 20.8 Å². The second kappa shape index (κ2) is 9.84. The number of anilines is 2. The van der Waals surface area contributed by atoms with Crippen molar-refractivity contribution in [3.8, 4) is 10.6 Å². The summed E-state index contributed by atoms with van der Waals surface area (Å²) in [6, 6.07) is 7.50. The zero-order chi connectivity index (χ0) is 21.8. The number of aromatic nitrogens is 3. The van der Waals surface area contributed by atoms with Gasteiger partial charge in [-0.15, -0.1) is 11.3 Å². The van der Waals surface area contributed by atoms with Gasteiger partial charge < -0.3 is 30.7 Å². The predicted molar refractivity (Wildman–Crippen MR) is 122 cm³/mol. The van der Waals surface area contributed by atoms with Crippen molar-refractivity contribution in [2.24, 2.45) is 5.92 Å². The maximum Gasteiger partial charge on any atom is 0.224 e. The van der Waals surface area contributed by atoms with Crippen LogP contribution in [0.2, 0.25) is 0 Å². The molecule has 1 saturated carbocycles. The molecule has 6 N–H and O–H groups in total. The van der Waals surface area contributed by atoms with Crippen LogP contribution in [0.15, 0.2) is 30.5 Å². The SMILES string of the molecule is COCCCNc1ncc(-c2nc3ccccc3s2)c(N[C@@H]2C[C@H](C[OH2+])[C@@H](O)[C@H]2O)n1. The molecule has 2 aromatic heterocycles. The molecule has 166 valence electrons. The summed E-state index contributed by atoms with van der Waals surface area (Å²) in [4.78, 5) is 13.8. The number of nitrogens with one attached hydrogen (secondary N) is 2. The Morgan fingerprint density at radius 2 is 2.06 bits per heavy atom. The Balaban J connectivity index is 1.63. The number of aliphatic hydroxyl groups is 2. The third-order valence-electron chi connectivity index (χ3n) is 5.51. The molecule has 0 amide bonds. The van der Waals surface area contributed by atoms with Gasteiger partial charge in [-0.3, -0.25) is 0 Å². The topological polar surface area (TPSA) is 135 Å². The van der Waals surface area contributed by atoms with Crippen molar-refractivity contribution in [2.75, 3.05) is 37.5 Å². The van der Waals surface area contributed by atoms with E-state index in [0.29, 0.717) is 31.3 Å². The molecule has 1 aliphatic carbocycles. The van der Waals surface area contributed by atoms with Crippen molar-refractivity contribution < 1.29 is 20.1 Å². The van der Waals surface area contributed by atoms with Gasteiger partial charge >= 0.3 is 0 Å². The van der Waals surface area contributed by atoms with Gasteiger partial charge in [0.2, 0.25) is 5.95 Å². The van der Waals surface area contributed by atoms with Crippen molar-refractivity contribution >= 4 is 33.3 Å². The summed E-state index contributed by atoms with van der Waals surface area (Å²) in [7, 11) is 1.66. The third kappa shape index (κ3) is 4.78. The number of nitrogens with zero attached hydrogens (tertiary/aromatic N) is 3. The van der Waals surface area contributed by atoms with Gasteiger partial charge in [0.05, 0.1) is 33.8 Å². The van der Waals surface area contributed by atoms with Crippen molar-refractivity contribution in [1.82, 2.24) is 15.0 Å². The van der Waals surface area contributed by atoms with Crippen LogP contribution in [0, 0.1) is 5.92 Å². The minimum atomic E-state index is -0.966. The maximum atomic E-state index is 10.5. The Morgan fingerprint density at radius 1 is 1.23 bits per heavy atom. The van der Waals surface area contributed by atoms with Crippen molar-refractivity contribution in [2.45, 2.75) is 31.1 Å². The summed E-state index contributed by atoms with van der Waals surface area (Å²) < 4.78 is 6.14. The van der Waals surface area contributed by atoms with E-state index >= 15 is 0 Å². The maximum absolute atomic E-state index is 10.5. The highest BCUT2D eigenvalue weighted by molar-refractivity contribution is 7.21. The van der Waals surface area contributed by atoms with Crippen LogP contribution < -0.4 is 10.6 Å². The molecule has 0 bridgehead atoms. The fourth-order valence-corrected chi connectivity index (χ4v) is 4.76. The highest BCUT2D eigenvalue weighted by Crippen LogP contribution is 2.36. The van der Waals surface area contributed by atoms with Gasteiger partial charge in [0.25, 0.3) is 0 Å². The van der Waals surface area contributed by atoms with E-state index in [0.717, 1.165) is 27.2 Å². The first-order chi connectivity index (χ1) is 15.1. The molecule has 4 rings (SSSR count). The van der Waals surface area contributed by atoms with Gasteiger partial charge in [0.1, 0.15) is 23.5 Å². The Labute approximate surface area is 184 Å². The van der Waals surface area contributed by atoms with Gasteiger partial charge in [0.15, 0.2) is 0 Å². The molecular formula is C21H28N5O4S+. The van der Waals surface area contributed by atoms with Crippen molar-refractivity contribution in [3.63, 3.8) is 0 Å². The van der Waals surface area contributed by atoms with E-state index in [9.17, 15) is 10.2 Å². The molecular weight excluding hydrogens is 418 g/mol. The highest BCUT2D eigenvalue weighted by Gasteiger charge is 2.42. The number of hydrogen-bond donors (Lipinski definition) is 4. The summed E-state index contributed by atoms with van der Waals surface area (Å²) in [5, 5.41) is 35.6. The second-order valence-corrected chi connectivity index (χ2v) is 8.68. The minimum absolute atomic E-state index is 0.0667. The van der Waals surface area contributed by atoms with E-state index in [-0.39, 0.29) is 12.5 Å². The van der Waals surface area contributed by atoms with Gasteiger partial charge in [-0.05, 0) is 25.0 Å². The second-order valence-electron chi connectivity index (χ2n) is 7.65. The molecule has 0 aliphatic heterocycles. The van der Waals surface area contributed by atoms with Crippen LogP contribution in [-0.2, 0) is 4.74 Å². The van der Waals surface area contributed by atoms with Crippen molar-refractivity contribution in [1.29, 1.82) is 0 Å². The minimum Gasteiger partial charge on any atom is -0.445 e.